The molecule has 0 amide bonds. The molecule has 2 aromatic carbocycles. The first kappa shape index (κ1) is 15.3. The van der Waals surface area contributed by atoms with Gasteiger partial charge in [0.15, 0.2) is 0 Å². The summed E-state index contributed by atoms with van der Waals surface area (Å²) in [5, 5.41) is 3.44. The highest BCUT2D eigenvalue weighted by atomic mass is 127. The zero-order chi connectivity index (χ0) is 14.4. The van der Waals surface area contributed by atoms with Gasteiger partial charge in [0.2, 0.25) is 0 Å². The van der Waals surface area contributed by atoms with E-state index in [-0.39, 0.29) is 0 Å². The van der Waals surface area contributed by atoms with Crippen LogP contribution in [0, 0.1) is 9.49 Å². The van der Waals surface area contributed by atoms with E-state index in [1.54, 1.807) is 0 Å². The second-order valence-electron chi connectivity index (χ2n) is 5.23. The molecule has 0 aliphatic heterocycles. The zero-order valence-corrected chi connectivity index (χ0v) is 14.1. The third-order valence-corrected chi connectivity index (χ3v) is 3.51. The van der Waals surface area contributed by atoms with E-state index < -0.39 is 0 Å². The van der Waals surface area contributed by atoms with Gasteiger partial charge in [-0.15, -0.1) is 0 Å². The summed E-state index contributed by atoms with van der Waals surface area (Å²) in [5.41, 5.74) is 1.28. The van der Waals surface area contributed by atoms with Crippen molar-refractivity contribution in [2.45, 2.75) is 20.4 Å². The van der Waals surface area contributed by atoms with E-state index >= 15 is 0 Å². The van der Waals surface area contributed by atoms with Crippen molar-refractivity contribution in [2.75, 3.05) is 6.54 Å². The fourth-order valence-corrected chi connectivity index (χ4v) is 2.36. The number of nitrogens with one attached hydrogen (secondary N) is 1. The first-order chi connectivity index (χ1) is 9.63. The van der Waals surface area contributed by atoms with Crippen molar-refractivity contribution < 1.29 is 4.74 Å². The van der Waals surface area contributed by atoms with Crippen molar-refractivity contribution in [1.82, 2.24) is 5.32 Å². The number of ether oxygens (including phenoxy) is 1. The van der Waals surface area contributed by atoms with Crippen LogP contribution in [0.3, 0.4) is 0 Å². The van der Waals surface area contributed by atoms with Gasteiger partial charge in [0.1, 0.15) is 11.5 Å². The monoisotopic (exact) mass is 381 g/mol. The van der Waals surface area contributed by atoms with E-state index in [4.69, 9.17) is 4.74 Å². The zero-order valence-electron chi connectivity index (χ0n) is 11.9. The van der Waals surface area contributed by atoms with E-state index in [0.29, 0.717) is 5.92 Å². The molecule has 2 nitrogen and oxygen atoms in total. The second kappa shape index (κ2) is 7.64. The Bertz CT molecular complexity index is 537. The molecule has 0 heterocycles. The van der Waals surface area contributed by atoms with Crippen molar-refractivity contribution in [3.63, 3.8) is 0 Å². The minimum atomic E-state index is 0.679. The minimum absolute atomic E-state index is 0.679. The lowest BCUT2D eigenvalue weighted by atomic mass is 10.2. The highest BCUT2D eigenvalue weighted by Crippen LogP contribution is 2.23. The molecule has 1 N–H and O–H groups in total. The van der Waals surface area contributed by atoms with Crippen LogP contribution in [0.4, 0.5) is 0 Å². The van der Waals surface area contributed by atoms with Gasteiger partial charge in [-0.2, -0.15) is 0 Å². The Morgan fingerprint density at radius 3 is 2.45 bits per heavy atom. The Morgan fingerprint density at radius 1 is 1.05 bits per heavy atom. The van der Waals surface area contributed by atoms with E-state index in [1.165, 1.54) is 9.13 Å². The summed E-state index contributed by atoms with van der Waals surface area (Å²) in [7, 11) is 0. The SMILES string of the molecule is CC(C)CNCc1ccc(Oc2cccc(I)c2)cc1. The molecule has 0 bridgehead atoms. The molecule has 0 fully saturated rings. The Labute approximate surface area is 134 Å². The molecular formula is C17H20INO. The van der Waals surface area contributed by atoms with Crippen LogP contribution in [0.5, 0.6) is 11.5 Å². The predicted molar refractivity (Wildman–Crippen MR) is 92.2 cm³/mol. The second-order valence-corrected chi connectivity index (χ2v) is 6.47. The van der Waals surface area contributed by atoms with Gasteiger partial charge in [-0.3, -0.25) is 0 Å². The number of halogens is 1. The summed E-state index contributed by atoms with van der Waals surface area (Å²) in [4.78, 5) is 0. The molecule has 0 radical (unpaired) electrons. The van der Waals surface area contributed by atoms with Gasteiger partial charge in [0, 0.05) is 10.1 Å². The third-order valence-electron chi connectivity index (χ3n) is 2.84. The standard InChI is InChI=1S/C17H20INO/c1-13(2)11-19-12-14-6-8-16(9-7-14)20-17-5-3-4-15(18)10-17/h3-10,13,19H,11-12H2,1-2H3. The van der Waals surface area contributed by atoms with Crippen LogP contribution < -0.4 is 10.1 Å². The number of hydrogen-bond acceptors (Lipinski definition) is 2. The lowest BCUT2D eigenvalue weighted by molar-refractivity contribution is 0.481. The quantitative estimate of drug-likeness (QED) is 0.724. The Hall–Kier alpha value is -1.07. The molecule has 0 aliphatic carbocycles. The average molecular weight is 381 g/mol. The Morgan fingerprint density at radius 2 is 1.80 bits per heavy atom. The molecule has 106 valence electrons. The van der Waals surface area contributed by atoms with Crippen molar-refractivity contribution >= 4 is 22.6 Å². The minimum Gasteiger partial charge on any atom is -0.457 e. The number of rotatable bonds is 6. The molecule has 0 unspecified atom stereocenters. The summed E-state index contributed by atoms with van der Waals surface area (Å²) in [6, 6.07) is 16.3. The van der Waals surface area contributed by atoms with Gasteiger partial charge in [-0.05, 0) is 70.9 Å². The highest BCUT2D eigenvalue weighted by molar-refractivity contribution is 14.1. The van der Waals surface area contributed by atoms with Crippen LogP contribution >= 0.6 is 22.6 Å². The fourth-order valence-electron chi connectivity index (χ4n) is 1.85. The third kappa shape index (κ3) is 5.13. The lowest BCUT2D eigenvalue weighted by Crippen LogP contribution is -2.18. The van der Waals surface area contributed by atoms with Gasteiger partial charge in [0.05, 0.1) is 0 Å². The maximum atomic E-state index is 5.83. The molecule has 0 aromatic heterocycles. The van der Waals surface area contributed by atoms with Crippen LogP contribution in [-0.4, -0.2) is 6.54 Å². The van der Waals surface area contributed by atoms with Gasteiger partial charge in [0.25, 0.3) is 0 Å². The first-order valence-corrected chi connectivity index (χ1v) is 7.94. The van der Waals surface area contributed by atoms with Crippen LogP contribution in [0.15, 0.2) is 48.5 Å². The smallest absolute Gasteiger partial charge is 0.128 e. The molecule has 2 aromatic rings. The molecule has 2 rings (SSSR count). The van der Waals surface area contributed by atoms with Crippen molar-refractivity contribution in [1.29, 1.82) is 0 Å². The van der Waals surface area contributed by atoms with E-state index in [1.807, 2.05) is 30.3 Å². The molecule has 0 spiro atoms. The molecule has 0 aliphatic rings. The summed E-state index contributed by atoms with van der Waals surface area (Å²) in [6.07, 6.45) is 0. The molecule has 0 saturated carbocycles. The largest absolute Gasteiger partial charge is 0.457 e. The first-order valence-electron chi connectivity index (χ1n) is 6.86. The van der Waals surface area contributed by atoms with Gasteiger partial charge in [-0.25, -0.2) is 0 Å². The highest BCUT2D eigenvalue weighted by Gasteiger charge is 1.99. The van der Waals surface area contributed by atoms with Crippen LogP contribution in [-0.2, 0) is 6.54 Å². The van der Waals surface area contributed by atoms with Gasteiger partial charge >= 0.3 is 0 Å². The summed E-state index contributed by atoms with van der Waals surface area (Å²) >= 11 is 2.29. The molecule has 0 saturated heterocycles. The van der Waals surface area contributed by atoms with Gasteiger partial charge in [-0.1, -0.05) is 32.0 Å². The number of benzene rings is 2. The normalized spacial score (nSPS) is 10.8. The summed E-state index contributed by atoms with van der Waals surface area (Å²) in [5.74, 6) is 2.43. The summed E-state index contributed by atoms with van der Waals surface area (Å²) < 4.78 is 7.01. The molecule has 20 heavy (non-hydrogen) atoms. The van der Waals surface area contributed by atoms with Crippen LogP contribution in [0.25, 0.3) is 0 Å². The molecule has 3 heteroatoms. The molecular weight excluding hydrogens is 361 g/mol. The van der Waals surface area contributed by atoms with Crippen LogP contribution in [0.2, 0.25) is 0 Å². The summed E-state index contributed by atoms with van der Waals surface area (Å²) in [6.45, 7) is 6.37. The van der Waals surface area contributed by atoms with Crippen molar-refractivity contribution in [3.8, 4) is 11.5 Å². The van der Waals surface area contributed by atoms with Gasteiger partial charge < -0.3 is 10.1 Å². The van der Waals surface area contributed by atoms with Crippen molar-refractivity contribution in [2.24, 2.45) is 5.92 Å². The van der Waals surface area contributed by atoms with E-state index in [9.17, 15) is 0 Å². The Kier molecular flexibility index (Phi) is 5.86. The van der Waals surface area contributed by atoms with E-state index in [2.05, 4.69) is 60.0 Å². The molecule has 0 atom stereocenters. The van der Waals surface area contributed by atoms with Crippen LogP contribution in [0.1, 0.15) is 19.4 Å². The maximum absolute atomic E-state index is 5.83. The van der Waals surface area contributed by atoms with Crippen molar-refractivity contribution in [3.05, 3.63) is 57.7 Å². The fraction of sp³-hybridized carbons (Fsp3) is 0.294. The maximum Gasteiger partial charge on any atom is 0.128 e. The Balaban J connectivity index is 1.91. The number of hydrogen-bond donors (Lipinski definition) is 1. The topological polar surface area (TPSA) is 21.3 Å². The predicted octanol–water partition coefficient (Wildman–Crippen LogP) is 4.83. The average Bonchev–Trinajstić information content (AvgIpc) is 2.40. The lowest BCUT2D eigenvalue weighted by Gasteiger charge is -2.09. The van der Waals surface area contributed by atoms with E-state index in [0.717, 1.165) is 24.6 Å².